The quantitative estimate of drug-likeness (QED) is 0.344. The zero-order valence-electron chi connectivity index (χ0n) is 11.7. The standard InChI is InChI=1S/C12H24N4O4/c1-2-3-5-8(13)10(17)16-9(11(18)19)6-4-7-15-12(14)20/h8-9H,2-7,13H2,1H3,(H,16,17)(H,18,19)(H3,14,15,20)/t8-,9-/m0/s1. The molecular formula is C12H24N4O4. The number of rotatable bonds is 10. The molecule has 0 spiro atoms. The van der Waals surface area contributed by atoms with Crippen molar-refractivity contribution < 1.29 is 19.5 Å². The first kappa shape index (κ1) is 18.2. The maximum absolute atomic E-state index is 11.7. The van der Waals surface area contributed by atoms with Gasteiger partial charge in [-0.15, -0.1) is 0 Å². The Morgan fingerprint density at radius 1 is 1.20 bits per heavy atom. The number of carbonyl (C=O) groups excluding carboxylic acids is 2. The molecule has 0 saturated carbocycles. The highest BCUT2D eigenvalue weighted by Crippen LogP contribution is 2.01. The third-order valence-corrected chi connectivity index (χ3v) is 2.79. The average molecular weight is 288 g/mol. The van der Waals surface area contributed by atoms with Gasteiger partial charge < -0.3 is 27.2 Å². The molecule has 8 heteroatoms. The van der Waals surface area contributed by atoms with E-state index in [1.165, 1.54) is 0 Å². The zero-order valence-corrected chi connectivity index (χ0v) is 11.7. The summed E-state index contributed by atoms with van der Waals surface area (Å²) in [7, 11) is 0. The molecule has 0 fully saturated rings. The Morgan fingerprint density at radius 3 is 2.35 bits per heavy atom. The summed E-state index contributed by atoms with van der Waals surface area (Å²) in [5.74, 6) is -1.59. The van der Waals surface area contributed by atoms with Crippen LogP contribution in [0, 0.1) is 0 Å². The zero-order chi connectivity index (χ0) is 15.5. The minimum Gasteiger partial charge on any atom is -0.480 e. The van der Waals surface area contributed by atoms with Gasteiger partial charge in [-0.1, -0.05) is 19.8 Å². The van der Waals surface area contributed by atoms with E-state index in [9.17, 15) is 14.4 Å². The van der Waals surface area contributed by atoms with Crippen molar-refractivity contribution in [2.45, 2.75) is 51.1 Å². The lowest BCUT2D eigenvalue weighted by molar-refractivity contribution is -0.142. The highest BCUT2D eigenvalue weighted by molar-refractivity contribution is 5.86. The van der Waals surface area contributed by atoms with Crippen molar-refractivity contribution in [2.24, 2.45) is 11.5 Å². The fourth-order valence-corrected chi connectivity index (χ4v) is 1.61. The number of primary amides is 1. The fourth-order valence-electron chi connectivity index (χ4n) is 1.61. The second-order valence-corrected chi connectivity index (χ2v) is 4.58. The van der Waals surface area contributed by atoms with Crippen molar-refractivity contribution in [1.29, 1.82) is 0 Å². The lowest BCUT2D eigenvalue weighted by Gasteiger charge is -2.17. The lowest BCUT2D eigenvalue weighted by atomic mass is 10.1. The molecular weight excluding hydrogens is 264 g/mol. The van der Waals surface area contributed by atoms with Gasteiger partial charge in [0, 0.05) is 6.54 Å². The van der Waals surface area contributed by atoms with E-state index in [1.54, 1.807) is 0 Å². The van der Waals surface area contributed by atoms with Crippen LogP contribution in [0.2, 0.25) is 0 Å². The molecule has 3 amide bonds. The molecule has 116 valence electrons. The molecule has 0 bridgehead atoms. The molecule has 2 atom stereocenters. The minimum atomic E-state index is -1.12. The molecule has 0 radical (unpaired) electrons. The predicted molar refractivity (Wildman–Crippen MR) is 73.9 cm³/mol. The van der Waals surface area contributed by atoms with Gasteiger partial charge in [-0.25, -0.2) is 9.59 Å². The van der Waals surface area contributed by atoms with E-state index in [0.29, 0.717) is 12.8 Å². The Kier molecular flexibility index (Phi) is 9.10. The fraction of sp³-hybridized carbons (Fsp3) is 0.750. The molecule has 0 saturated heterocycles. The molecule has 20 heavy (non-hydrogen) atoms. The first-order chi connectivity index (χ1) is 9.38. The molecule has 0 aliphatic heterocycles. The molecule has 8 nitrogen and oxygen atoms in total. The van der Waals surface area contributed by atoms with E-state index in [0.717, 1.165) is 12.8 Å². The number of nitrogens with two attached hydrogens (primary N) is 2. The van der Waals surface area contributed by atoms with Gasteiger partial charge in [-0.2, -0.15) is 0 Å². The molecule has 0 aromatic carbocycles. The van der Waals surface area contributed by atoms with Gasteiger partial charge in [0.15, 0.2) is 0 Å². The molecule has 0 unspecified atom stereocenters. The normalized spacial score (nSPS) is 13.3. The number of unbranched alkanes of at least 4 members (excludes halogenated alkanes) is 1. The third-order valence-electron chi connectivity index (χ3n) is 2.79. The van der Waals surface area contributed by atoms with Crippen molar-refractivity contribution in [3.63, 3.8) is 0 Å². The molecule has 0 aliphatic rings. The monoisotopic (exact) mass is 288 g/mol. The van der Waals surface area contributed by atoms with Crippen LogP contribution in [0.15, 0.2) is 0 Å². The number of nitrogens with one attached hydrogen (secondary N) is 2. The van der Waals surface area contributed by atoms with Gasteiger partial charge in [0.1, 0.15) is 6.04 Å². The number of urea groups is 1. The largest absolute Gasteiger partial charge is 0.480 e. The second-order valence-electron chi connectivity index (χ2n) is 4.58. The smallest absolute Gasteiger partial charge is 0.326 e. The molecule has 0 heterocycles. The predicted octanol–water partition coefficient (Wildman–Crippen LogP) is -0.478. The van der Waals surface area contributed by atoms with Gasteiger partial charge in [0.25, 0.3) is 0 Å². The van der Waals surface area contributed by atoms with E-state index < -0.39 is 30.0 Å². The van der Waals surface area contributed by atoms with Crippen LogP contribution in [0.25, 0.3) is 0 Å². The highest BCUT2D eigenvalue weighted by atomic mass is 16.4. The second kappa shape index (κ2) is 10.0. The number of amides is 3. The van der Waals surface area contributed by atoms with Crippen molar-refractivity contribution >= 4 is 17.9 Å². The summed E-state index contributed by atoms with van der Waals surface area (Å²) in [5, 5.41) is 13.8. The van der Waals surface area contributed by atoms with Crippen LogP contribution < -0.4 is 22.1 Å². The molecule has 0 aromatic rings. The highest BCUT2D eigenvalue weighted by Gasteiger charge is 2.22. The first-order valence-corrected chi connectivity index (χ1v) is 6.70. The maximum atomic E-state index is 11.7. The van der Waals surface area contributed by atoms with Gasteiger partial charge in [-0.3, -0.25) is 4.79 Å². The average Bonchev–Trinajstić information content (AvgIpc) is 2.38. The van der Waals surface area contributed by atoms with E-state index >= 15 is 0 Å². The van der Waals surface area contributed by atoms with Gasteiger partial charge in [0.05, 0.1) is 6.04 Å². The number of hydrogen-bond donors (Lipinski definition) is 5. The topological polar surface area (TPSA) is 148 Å². The molecule has 0 aliphatic carbocycles. The van der Waals surface area contributed by atoms with Crippen LogP contribution in [0.3, 0.4) is 0 Å². The number of aliphatic carboxylic acids is 1. The summed E-state index contributed by atoms with van der Waals surface area (Å²) >= 11 is 0. The molecule has 0 aromatic heterocycles. The van der Waals surface area contributed by atoms with Crippen LogP contribution in [0.4, 0.5) is 4.79 Å². The van der Waals surface area contributed by atoms with Gasteiger partial charge in [-0.05, 0) is 19.3 Å². The number of carboxylic acids is 1. The minimum absolute atomic E-state index is 0.196. The SMILES string of the molecule is CCCC[C@H](N)C(=O)N[C@@H](CCCNC(N)=O)C(=O)O. The molecule has 0 rings (SSSR count). The van der Waals surface area contributed by atoms with Crippen molar-refractivity contribution in [2.75, 3.05) is 6.54 Å². The Hall–Kier alpha value is -1.83. The van der Waals surface area contributed by atoms with Crippen molar-refractivity contribution in [3.8, 4) is 0 Å². The van der Waals surface area contributed by atoms with E-state index in [-0.39, 0.29) is 13.0 Å². The van der Waals surface area contributed by atoms with E-state index in [4.69, 9.17) is 16.6 Å². The van der Waals surface area contributed by atoms with E-state index in [1.807, 2.05) is 6.92 Å². The summed E-state index contributed by atoms with van der Waals surface area (Å²) in [6.45, 7) is 2.24. The third kappa shape index (κ3) is 8.30. The Morgan fingerprint density at radius 2 is 1.85 bits per heavy atom. The Labute approximate surface area is 118 Å². The Balaban J connectivity index is 4.15. The Bertz CT molecular complexity index is 335. The lowest BCUT2D eigenvalue weighted by Crippen LogP contribution is -2.48. The van der Waals surface area contributed by atoms with Crippen LogP contribution in [-0.2, 0) is 9.59 Å². The number of hydrogen-bond acceptors (Lipinski definition) is 4. The number of carboxylic acid groups (broad SMARTS) is 1. The van der Waals surface area contributed by atoms with E-state index in [2.05, 4.69) is 10.6 Å². The van der Waals surface area contributed by atoms with Crippen molar-refractivity contribution in [3.05, 3.63) is 0 Å². The summed E-state index contributed by atoms with van der Waals surface area (Å²) in [4.78, 5) is 33.2. The van der Waals surface area contributed by atoms with Gasteiger partial charge in [0.2, 0.25) is 5.91 Å². The van der Waals surface area contributed by atoms with Crippen LogP contribution in [0.5, 0.6) is 0 Å². The number of carbonyl (C=O) groups is 3. The van der Waals surface area contributed by atoms with Crippen LogP contribution in [0.1, 0.15) is 39.0 Å². The van der Waals surface area contributed by atoms with Crippen LogP contribution >= 0.6 is 0 Å². The van der Waals surface area contributed by atoms with Gasteiger partial charge >= 0.3 is 12.0 Å². The van der Waals surface area contributed by atoms with Crippen LogP contribution in [-0.4, -0.2) is 41.6 Å². The van der Waals surface area contributed by atoms with Crippen molar-refractivity contribution in [1.82, 2.24) is 10.6 Å². The summed E-state index contributed by atoms with van der Waals surface area (Å²) < 4.78 is 0. The maximum Gasteiger partial charge on any atom is 0.326 e. The summed E-state index contributed by atoms with van der Waals surface area (Å²) in [5.41, 5.74) is 10.6. The summed E-state index contributed by atoms with van der Waals surface area (Å²) in [6, 6.07) is -2.37. The molecule has 7 N–H and O–H groups in total. The first-order valence-electron chi connectivity index (χ1n) is 6.70. The summed E-state index contributed by atoms with van der Waals surface area (Å²) in [6.07, 6.45) is 2.85.